The van der Waals surface area contributed by atoms with Crippen molar-refractivity contribution in [1.29, 1.82) is 0 Å². The Morgan fingerprint density at radius 2 is 2.31 bits per heavy atom. The molecule has 0 radical (unpaired) electrons. The van der Waals surface area contributed by atoms with Crippen LogP contribution in [-0.4, -0.2) is 9.55 Å². The van der Waals surface area contributed by atoms with E-state index in [9.17, 15) is 0 Å². The lowest BCUT2D eigenvalue weighted by Gasteiger charge is -2.01. The van der Waals surface area contributed by atoms with E-state index >= 15 is 0 Å². The van der Waals surface area contributed by atoms with Crippen LogP contribution in [0.1, 0.15) is 6.92 Å². The molecule has 0 fully saturated rings. The van der Waals surface area contributed by atoms with Gasteiger partial charge < -0.3 is 4.57 Å². The third-order valence-corrected chi connectivity index (χ3v) is 3.12. The van der Waals surface area contributed by atoms with Gasteiger partial charge in [-0.15, -0.1) is 0 Å². The summed E-state index contributed by atoms with van der Waals surface area (Å²) in [6, 6.07) is 4.01. The van der Waals surface area contributed by atoms with Gasteiger partial charge in [0, 0.05) is 11.9 Å². The van der Waals surface area contributed by atoms with Crippen molar-refractivity contribution in [2.45, 2.75) is 13.5 Å². The number of pyridine rings is 1. The summed E-state index contributed by atoms with van der Waals surface area (Å²) in [4.78, 5) is 4.07. The van der Waals surface area contributed by atoms with Gasteiger partial charge in [-0.05, 0) is 41.6 Å². The Bertz CT molecular complexity index is 450. The first-order chi connectivity index (χ1) is 6.22. The molecule has 68 valence electrons. The van der Waals surface area contributed by atoms with Crippen LogP contribution in [0.5, 0.6) is 0 Å². The number of hydrogen-bond acceptors (Lipinski definition) is 1. The molecule has 0 aliphatic carbocycles. The van der Waals surface area contributed by atoms with Crippen LogP contribution >= 0.6 is 34.2 Å². The first-order valence-electron chi connectivity index (χ1n) is 4.02. The Morgan fingerprint density at radius 3 is 3.00 bits per heavy atom. The van der Waals surface area contributed by atoms with Crippen molar-refractivity contribution in [3.05, 3.63) is 27.2 Å². The van der Waals surface area contributed by atoms with E-state index in [4.69, 9.17) is 11.6 Å². The number of aromatic nitrogens is 2. The Hall–Kier alpha value is -0.290. The average Bonchev–Trinajstić information content (AvgIpc) is 2.39. The third-order valence-electron chi connectivity index (χ3n) is 2.02. The summed E-state index contributed by atoms with van der Waals surface area (Å²) in [5, 5.41) is 1.71. The lowest BCUT2D eigenvalue weighted by molar-refractivity contribution is 0.776. The fraction of sp³-hybridized carbons (Fsp3) is 0.222. The maximum atomic E-state index is 5.80. The zero-order chi connectivity index (χ0) is 9.42. The number of fused-ring (bicyclic) bond motifs is 1. The van der Waals surface area contributed by atoms with E-state index in [0.29, 0.717) is 5.15 Å². The Kier molecular flexibility index (Phi) is 2.47. The summed E-state index contributed by atoms with van der Waals surface area (Å²) in [6.07, 6.45) is 1.82. The van der Waals surface area contributed by atoms with E-state index in [0.717, 1.165) is 17.4 Å². The van der Waals surface area contributed by atoms with Crippen LogP contribution in [0.2, 0.25) is 5.15 Å². The molecule has 0 saturated carbocycles. The van der Waals surface area contributed by atoms with Crippen LogP contribution in [0.15, 0.2) is 18.3 Å². The van der Waals surface area contributed by atoms with Gasteiger partial charge in [0.2, 0.25) is 0 Å². The summed E-state index contributed by atoms with van der Waals surface area (Å²) in [5.41, 5.74) is 1.15. The normalized spacial score (nSPS) is 11.0. The van der Waals surface area contributed by atoms with Gasteiger partial charge in [0.05, 0.1) is 15.4 Å². The zero-order valence-corrected chi connectivity index (χ0v) is 10.0. The molecule has 4 heteroatoms. The van der Waals surface area contributed by atoms with Crippen molar-refractivity contribution in [2.75, 3.05) is 0 Å². The second-order valence-corrected chi connectivity index (χ2v) is 4.27. The van der Waals surface area contributed by atoms with Crippen molar-refractivity contribution in [3.63, 3.8) is 0 Å². The number of aryl methyl sites for hydroxylation is 1. The molecule has 2 nitrogen and oxygen atoms in total. The molecule has 0 unspecified atom stereocenters. The predicted octanol–water partition coefficient (Wildman–Crippen LogP) is 3.31. The second kappa shape index (κ2) is 3.46. The maximum Gasteiger partial charge on any atom is 0.129 e. The molecule has 0 atom stereocenters. The van der Waals surface area contributed by atoms with Crippen molar-refractivity contribution in [3.8, 4) is 0 Å². The molecule has 2 heterocycles. The molecule has 0 bridgehead atoms. The molecule has 0 amide bonds. The number of rotatable bonds is 1. The van der Waals surface area contributed by atoms with Crippen LogP contribution < -0.4 is 0 Å². The van der Waals surface area contributed by atoms with Crippen molar-refractivity contribution < 1.29 is 0 Å². The fourth-order valence-corrected chi connectivity index (χ4v) is 2.52. The predicted molar refractivity (Wildman–Crippen MR) is 63.1 cm³/mol. The minimum absolute atomic E-state index is 0.553. The maximum absolute atomic E-state index is 5.80. The second-order valence-electron chi connectivity index (χ2n) is 2.78. The van der Waals surface area contributed by atoms with E-state index in [2.05, 4.69) is 45.1 Å². The highest BCUT2D eigenvalue weighted by Gasteiger charge is 2.05. The van der Waals surface area contributed by atoms with Gasteiger partial charge in [-0.25, -0.2) is 4.98 Å². The summed E-state index contributed by atoms with van der Waals surface area (Å²) < 4.78 is 3.43. The van der Waals surface area contributed by atoms with E-state index < -0.39 is 0 Å². The van der Waals surface area contributed by atoms with E-state index in [1.807, 2.05) is 12.3 Å². The van der Waals surface area contributed by atoms with Gasteiger partial charge in [0.25, 0.3) is 0 Å². The van der Waals surface area contributed by atoms with Gasteiger partial charge in [-0.1, -0.05) is 11.6 Å². The fourth-order valence-electron chi connectivity index (χ4n) is 1.42. The molecule has 2 aromatic rings. The summed E-state index contributed by atoms with van der Waals surface area (Å²) in [7, 11) is 0. The summed E-state index contributed by atoms with van der Waals surface area (Å²) >= 11 is 8.12. The van der Waals surface area contributed by atoms with Crippen molar-refractivity contribution in [2.24, 2.45) is 0 Å². The summed E-state index contributed by atoms with van der Waals surface area (Å²) in [5.74, 6) is 0. The Labute approximate surface area is 95.0 Å². The number of halogens is 2. The van der Waals surface area contributed by atoms with E-state index in [1.54, 1.807) is 0 Å². The molecule has 0 aromatic carbocycles. The molecule has 2 rings (SSSR count). The van der Waals surface area contributed by atoms with Gasteiger partial charge >= 0.3 is 0 Å². The largest absolute Gasteiger partial charge is 0.335 e. The van der Waals surface area contributed by atoms with E-state index in [-0.39, 0.29) is 0 Å². The number of hydrogen-bond donors (Lipinski definition) is 0. The molecule has 13 heavy (non-hydrogen) atoms. The Balaban J connectivity index is 2.79. The van der Waals surface area contributed by atoms with Crippen LogP contribution in [0.3, 0.4) is 0 Å². The lowest BCUT2D eigenvalue weighted by Crippen LogP contribution is -1.95. The topological polar surface area (TPSA) is 17.8 Å². The molecule has 0 saturated heterocycles. The quantitative estimate of drug-likeness (QED) is 0.584. The highest BCUT2D eigenvalue weighted by molar-refractivity contribution is 14.1. The van der Waals surface area contributed by atoms with Crippen molar-refractivity contribution >= 4 is 45.1 Å². The first-order valence-corrected chi connectivity index (χ1v) is 5.48. The highest BCUT2D eigenvalue weighted by Crippen LogP contribution is 2.22. The molecular weight excluding hydrogens is 298 g/mol. The lowest BCUT2D eigenvalue weighted by atomic mass is 10.3. The third kappa shape index (κ3) is 1.55. The average molecular weight is 307 g/mol. The zero-order valence-electron chi connectivity index (χ0n) is 7.09. The van der Waals surface area contributed by atoms with Crippen LogP contribution in [-0.2, 0) is 6.54 Å². The van der Waals surface area contributed by atoms with Crippen LogP contribution in [0, 0.1) is 3.70 Å². The van der Waals surface area contributed by atoms with Crippen LogP contribution in [0.25, 0.3) is 10.9 Å². The minimum atomic E-state index is 0.553. The Morgan fingerprint density at radius 1 is 1.54 bits per heavy atom. The van der Waals surface area contributed by atoms with Gasteiger partial charge in [0.1, 0.15) is 5.15 Å². The molecule has 0 spiro atoms. The van der Waals surface area contributed by atoms with Crippen LogP contribution in [0.4, 0.5) is 0 Å². The minimum Gasteiger partial charge on any atom is -0.335 e. The van der Waals surface area contributed by atoms with Gasteiger partial charge in [0.15, 0.2) is 0 Å². The molecule has 0 N–H and O–H groups in total. The molecule has 0 aliphatic heterocycles. The highest BCUT2D eigenvalue weighted by atomic mass is 127. The van der Waals surface area contributed by atoms with Gasteiger partial charge in [-0.2, -0.15) is 0 Å². The first kappa shape index (κ1) is 9.27. The smallest absolute Gasteiger partial charge is 0.129 e. The van der Waals surface area contributed by atoms with Crippen molar-refractivity contribution in [1.82, 2.24) is 9.55 Å². The monoisotopic (exact) mass is 306 g/mol. The summed E-state index contributed by atoms with van der Waals surface area (Å²) in [6.45, 7) is 3.08. The molecule has 2 aromatic heterocycles. The van der Waals surface area contributed by atoms with E-state index in [1.165, 1.54) is 3.70 Å². The molecular formula is C9H8ClIN2. The number of nitrogens with zero attached hydrogens (tertiary/aromatic N) is 2. The van der Waals surface area contributed by atoms with Gasteiger partial charge in [-0.3, -0.25) is 0 Å². The standard InChI is InChI=1S/C9H8ClIN2/c1-2-13-7-5-12-8(10)3-6(7)4-9(13)11/h3-5H,2H2,1H3. The molecule has 0 aliphatic rings. The SMILES string of the molecule is CCn1c(I)cc2cc(Cl)ncc21.